The van der Waals surface area contributed by atoms with E-state index in [0.29, 0.717) is 21.8 Å². The maximum atomic E-state index is 6.26. The standard InChI is InChI=1S/C19H19Cl2N5/c1-3-12(2)23-19-25-17(16-6-4-5-9-22-16)11-18(26-19)24-15-8-7-13(20)10-14(15)21/h4-12H,3H2,1-2H3,(H2,23,24,25,26)/t12-/m0/s1. The van der Waals surface area contributed by atoms with Gasteiger partial charge in [-0.1, -0.05) is 36.2 Å². The molecule has 0 radical (unpaired) electrons. The summed E-state index contributed by atoms with van der Waals surface area (Å²) < 4.78 is 0. The van der Waals surface area contributed by atoms with E-state index in [-0.39, 0.29) is 6.04 Å². The van der Waals surface area contributed by atoms with Gasteiger partial charge in [-0.15, -0.1) is 0 Å². The lowest BCUT2D eigenvalue weighted by Gasteiger charge is -2.15. The van der Waals surface area contributed by atoms with Crippen LogP contribution in [0.2, 0.25) is 10.0 Å². The normalized spacial score (nSPS) is 11.8. The molecule has 2 N–H and O–H groups in total. The van der Waals surface area contributed by atoms with E-state index in [4.69, 9.17) is 23.2 Å². The maximum absolute atomic E-state index is 6.26. The van der Waals surface area contributed by atoms with Crippen LogP contribution >= 0.6 is 23.2 Å². The van der Waals surface area contributed by atoms with E-state index < -0.39 is 0 Å². The van der Waals surface area contributed by atoms with Crippen molar-refractivity contribution in [1.29, 1.82) is 0 Å². The summed E-state index contributed by atoms with van der Waals surface area (Å²) in [6.07, 6.45) is 2.70. The van der Waals surface area contributed by atoms with Crippen LogP contribution in [0.3, 0.4) is 0 Å². The van der Waals surface area contributed by atoms with Crippen LogP contribution in [-0.2, 0) is 0 Å². The monoisotopic (exact) mass is 387 g/mol. The van der Waals surface area contributed by atoms with Crippen LogP contribution in [0.1, 0.15) is 20.3 Å². The van der Waals surface area contributed by atoms with Crippen LogP contribution in [0.25, 0.3) is 11.4 Å². The summed E-state index contributed by atoms with van der Waals surface area (Å²) in [5.41, 5.74) is 2.21. The molecule has 0 aliphatic carbocycles. The highest BCUT2D eigenvalue weighted by atomic mass is 35.5. The third-order valence-electron chi connectivity index (χ3n) is 3.84. The molecule has 7 heteroatoms. The van der Waals surface area contributed by atoms with Gasteiger partial charge in [-0.05, 0) is 43.7 Å². The fourth-order valence-corrected chi connectivity index (χ4v) is 2.73. The first-order valence-electron chi connectivity index (χ1n) is 8.34. The molecule has 5 nitrogen and oxygen atoms in total. The van der Waals surface area contributed by atoms with Crippen molar-refractivity contribution in [2.24, 2.45) is 0 Å². The van der Waals surface area contributed by atoms with Crippen LogP contribution in [0, 0.1) is 0 Å². The molecule has 0 aliphatic heterocycles. The summed E-state index contributed by atoms with van der Waals surface area (Å²) in [5, 5.41) is 7.64. The Kier molecular flexibility index (Phi) is 5.91. The molecule has 1 aromatic carbocycles. The highest BCUT2D eigenvalue weighted by Gasteiger charge is 2.11. The molecule has 0 spiro atoms. The Morgan fingerprint density at radius 1 is 1.04 bits per heavy atom. The van der Waals surface area contributed by atoms with Crippen molar-refractivity contribution >= 4 is 40.7 Å². The zero-order valence-electron chi connectivity index (χ0n) is 14.5. The second-order valence-electron chi connectivity index (χ2n) is 5.88. The average Bonchev–Trinajstić information content (AvgIpc) is 2.64. The first-order valence-corrected chi connectivity index (χ1v) is 9.10. The van der Waals surface area contributed by atoms with Crippen molar-refractivity contribution in [2.75, 3.05) is 10.6 Å². The molecule has 0 fully saturated rings. The van der Waals surface area contributed by atoms with Gasteiger partial charge < -0.3 is 10.6 Å². The summed E-state index contributed by atoms with van der Waals surface area (Å²) in [4.78, 5) is 13.5. The predicted molar refractivity (Wildman–Crippen MR) is 108 cm³/mol. The largest absolute Gasteiger partial charge is 0.352 e. The Hall–Kier alpha value is -2.37. The van der Waals surface area contributed by atoms with Gasteiger partial charge in [0.2, 0.25) is 5.95 Å². The average molecular weight is 388 g/mol. The highest BCUT2D eigenvalue weighted by molar-refractivity contribution is 6.36. The SMILES string of the molecule is CC[C@H](C)Nc1nc(Nc2ccc(Cl)cc2Cl)cc(-c2ccccn2)n1. The molecule has 0 saturated carbocycles. The number of aromatic nitrogens is 3. The van der Waals surface area contributed by atoms with Gasteiger partial charge in [0, 0.05) is 23.3 Å². The minimum Gasteiger partial charge on any atom is -0.352 e. The van der Waals surface area contributed by atoms with Crippen molar-refractivity contribution in [2.45, 2.75) is 26.3 Å². The third-order valence-corrected chi connectivity index (χ3v) is 4.38. The molecular formula is C19H19Cl2N5. The fraction of sp³-hybridized carbons (Fsp3) is 0.211. The molecule has 0 aliphatic rings. The highest BCUT2D eigenvalue weighted by Crippen LogP contribution is 2.29. The van der Waals surface area contributed by atoms with Gasteiger partial charge in [0.05, 0.1) is 22.1 Å². The van der Waals surface area contributed by atoms with Crippen LogP contribution < -0.4 is 10.6 Å². The molecule has 3 rings (SSSR count). The number of hydrogen-bond acceptors (Lipinski definition) is 5. The van der Waals surface area contributed by atoms with E-state index in [1.807, 2.05) is 30.3 Å². The lowest BCUT2D eigenvalue weighted by molar-refractivity contribution is 0.753. The summed E-state index contributed by atoms with van der Waals surface area (Å²) in [6, 6.07) is 13.1. The number of nitrogens with zero attached hydrogens (tertiary/aromatic N) is 3. The number of benzene rings is 1. The zero-order chi connectivity index (χ0) is 18.5. The number of halogens is 2. The smallest absolute Gasteiger partial charge is 0.225 e. The van der Waals surface area contributed by atoms with E-state index >= 15 is 0 Å². The Bertz CT molecular complexity index is 886. The van der Waals surface area contributed by atoms with Crippen molar-refractivity contribution in [3.63, 3.8) is 0 Å². The second kappa shape index (κ2) is 8.34. The number of rotatable bonds is 6. The quantitative estimate of drug-likeness (QED) is 0.559. The Morgan fingerprint density at radius 2 is 1.88 bits per heavy atom. The molecule has 134 valence electrons. The number of hydrogen-bond donors (Lipinski definition) is 2. The number of anilines is 3. The van der Waals surface area contributed by atoms with E-state index in [9.17, 15) is 0 Å². The van der Waals surface area contributed by atoms with E-state index in [1.54, 1.807) is 18.3 Å². The molecule has 2 heterocycles. The van der Waals surface area contributed by atoms with Gasteiger partial charge in [0.15, 0.2) is 0 Å². The number of pyridine rings is 1. The molecule has 0 amide bonds. The summed E-state index contributed by atoms with van der Waals surface area (Å²) in [7, 11) is 0. The van der Waals surface area contributed by atoms with Crippen molar-refractivity contribution in [3.05, 3.63) is 58.7 Å². The molecule has 0 unspecified atom stereocenters. The van der Waals surface area contributed by atoms with Gasteiger partial charge in [0.1, 0.15) is 5.82 Å². The minimum absolute atomic E-state index is 0.251. The molecule has 1 atom stereocenters. The lowest BCUT2D eigenvalue weighted by Crippen LogP contribution is -2.16. The fourth-order valence-electron chi connectivity index (χ4n) is 2.27. The predicted octanol–water partition coefficient (Wildman–Crippen LogP) is 5.80. The van der Waals surface area contributed by atoms with E-state index in [2.05, 4.69) is 39.4 Å². The van der Waals surface area contributed by atoms with Crippen LogP contribution in [0.4, 0.5) is 17.5 Å². The molecule has 0 saturated heterocycles. The van der Waals surface area contributed by atoms with Crippen molar-refractivity contribution < 1.29 is 0 Å². The van der Waals surface area contributed by atoms with Gasteiger partial charge >= 0.3 is 0 Å². The Labute approximate surface area is 162 Å². The van der Waals surface area contributed by atoms with Crippen molar-refractivity contribution in [1.82, 2.24) is 15.0 Å². The second-order valence-corrected chi connectivity index (χ2v) is 6.72. The van der Waals surface area contributed by atoms with Gasteiger partial charge in [-0.3, -0.25) is 4.98 Å². The summed E-state index contributed by atoms with van der Waals surface area (Å²) in [5.74, 6) is 1.16. The van der Waals surface area contributed by atoms with Gasteiger partial charge in [0.25, 0.3) is 0 Å². The van der Waals surface area contributed by atoms with Crippen LogP contribution in [0.15, 0.2) is 48.7 Å². The Morgan fingerprint density at radius 3 is 2.58 bits per heavy atom. The Balaban J connectivity index is 1.98. The molecule has 26 heavy (non-hydrogen) atoms. The molecule has 2 aromatic heterocycles. The molecule has 3 aromatic rings. The molecular weight excluding hydrogens is 369 g/mol. The summed E-state index contributed by atoms with van der Waals surface area (Å²) >= 11 is 12.2. The van der Waals surface area contributed by atoms with Gasteiger partial charge in [-0.2, -0.15) is 4.98 Å². The minimum atomic E-state index is 0.251. The maximum Gasteiger partial charge on any atom is 0.225 e. The van der Waals surface area contributed by atoms with Crippen LogP contribution in [0.5, 0.6) is 0 Å². The van der Waals surface area contributed by atoms with Crippen LogP contribution in [-0.4, -0.2) is 21.0 Å². The molecule has 0 bridgehead atoms. The van der Waals surface area contributed by atoms with Crippen molar-refractivity contribution in [3.8, 4) is 11.4 Å². The first-order chi connectivity index (χ1) is 12.5. The van der Waals surface area contributed by atoms with E-state index in [0.717, 1.165) is 23.5 Å². The first kappa shape index (κ1) is 18.4. The number of nitrogens with one attached hydrogen (secondary N) is 2. The lowest BCUT2D eigenvalue weighted by atomic mass is 10.2. The zero-order valence-corrected chi connectivity index (χ0v) is 16.0. The third kappa shape index (κ3) is 4.62. The van der Waals surface area contributed by atoms with Gasteiger partial charge in [-0.25, -0.2) is 4.98 Å². The topological polar surface area (TPSA) is 62.7 Å². The van der Waals surface area contributed by atoms with E-state index in [1.165, 1.54) is 0 Å². The summed E-state index contributed by atoms with van der Waals surface area (Å²) in [6.45, 7) is 4.19.